The fourth-order valence-corrected chi connectivity index (χ4v) is 3.35. The number of hydrogen-bond donors (Lipinski definition) is 1. The van der Waals surface area contributed by atoms with Crippen molar-refractivity contribution in [2.75, 3.05) is 13.2 Å². The van der Waals surface area contributed by atoms with Crippen LogP contribution >= 0.6 is 0 Å². The number of ether oxygens (including phenoxy) is 1. The van der Waals surface area contributed by atoms with Gasteiger partial charge >= 0.3 is 0 Å². The quantitative estimate of drug-likeness (QED) is 0.601. The molecule has 0 aromatic heterocycles. The van der Waals surface area contributed by atoms with E-state index >= 15 is 0 Å². The maximum Gasteiger partial charge on any atom is 0.0580 e. The van der Waals surface area contributed by atoms with Crippen LogP contribution in [0.4, 0.5) is 0 Å². The van der Waals surface area contributed by atoms with Crippen molar-refractivity contribution in [1.29, 1.82) is 0 Å². The molecule has 0 radical (unpaired) electrons. The van der Waals surface area contributed by atoms with Crippen LogP contribution in [-0.4, -0.2) is 25.3 Å². The molecule has 0 amide bonds. The lowest BCUT2D eigenvalue weighted by molar-refractivity contribution is -0.0295. The van der Waals surface area contributed by atoms with Crippen LogP contribution in [0, 0.1) is 11.8 Å². The van der Waals surface area contributed by atoms with Crippen LogP contribution in [0.15, 0.2) is 0 Å². The van der Waals surface area contributed by atoms with E-state index < -0.39 is 0 Å². The summed E-state index contributed by atoms with van der Waals surface area (Å²) in [7, 11) is 0. The van der Waals surface area contributed by atoms with E-state index in [-0.39, 0.29) is 0 Å². The zero-order chi connectivity index (χ0) is 14.1. The van der Waals surface area contributed by atoms with Gasteiger partial charge in [-0.25, -0.2) is 0 Å². The Labute approximate surface area is 120 Å². The standard InChI is InChI=1S/C17H35NO/c1-5-8-14(4)10-16(18-9-6-2)11-15-12-17(13-15)19-7-3/h14-18H,5-13H2,1-4H3. The van der Waals surface area contributed by atoms with Gasteiger partial charge in [0.05, 0.1) is 6.10 Å². The van der Waals surface area contributed by atoms with Gasteiger partial charge in [0.15, 0.2) is 0 Å². The van der Waals surface area contributed by atoms with Crippen LogP contribution in [0.25, 0.3) is 0 Å². The maximum absolute atomic E-state index is 5.67. The second-order valence-electron chi connectivity index (χ2n) is 6.43. The first-order valence-corrected chi connectivity index (χ1v) is 8.54. The molecule has 1 rings (SSSR count). The maximum atomic E-state index is 5.67. The normalized spacial score (nSPS) is 25.9. The smallest absolute Gasteiger partial charge is 0.0580 e. The van der Waals surface area contributed by atoms with Crippen LogP contribution in [0.1, 0.15) is 72.6 Å². The number of hydrogen-bond acceptors (Lipinski definition) is 2. The Morgan fingerprint density at radius 1 is 1.16 bits per heavy atom. The third kappa shape index (κ3) is 6.76. The molecule has 114 valence electrons. The molecule has 1 aliphatic rings. The van der Waals surface area contributed by atoms with Gasteiger partial charge in [-0.15, -0.1) is 0 Å². The Morgan fingerprint density at radius 3 is 2.47 bits per heavy atom. The third-order valence-electron chi connectivity index (χ3n) is 4.36. The Bertz CT molecular complexity index is 213. The van der Waals surface area contributed by atoms with Crippen molar-refractivity contribution < 1.29 is 4.74 Å². The summed E-state index contributed by atoms with van der Waals surface area (Å²) in [5, 5.41) is 3.76. The molecule has 0 bridgehead atoms. The summed E-state index contributed by atoms with van der Waals surface area (Å²) in [6.07, 6.45) is 9.79. The van der Waals surface area contributed by atoms with Gasteiger partial charge in [0.1, 0.15) is 0 Å². The second-order valence-corrected chi connectivity index (χ2v) is 6.43. The third-order valence-corrected chi connectivity index (χ3v) is 4.36. The summed E-state index contributed by atoms with van der Waals surface area (Å²) >= 11 is 0. The highest BCUT2D eigenvalue weighted by Gasteiger charge is 2.31. The summed E-state index contributed by atoms with van der Waals surface area (Å²) in [5.41, 5.74) is 0. The zero-order valence-electron chi connectivity index (χ0n) is 13.6. The summed E-state index contributed by atoms with van der Waals surface area (Å²) in [4.78, 5) is 0. The molecule has 0 aliphatic heterocycles. The van der Waals surface area contributed by atoms with E-state index in [2.05, 4.69) is 33.0 Å². The average molecular weight is 269 g/mol. The first-order valence-electron chi connectivity index (χ1n) is 8.54. The van der Waals surface area contributed by atoms with E-state index in [1.54, 1.807) is 0 Å². The lowest BCUT2D eigenvalue weighted by Crippen LogP contribution is -2.39. The van der Waals surface area contributed by atoms with Crippen molar-refractivity contribution >= 4 is 0 Å². The Kier molecular flexibility index (Phi) is 8.72. The summed E-state index contributed by atoms with van der Waals surface area (Å²) in [6.45, 7) is 11.1. The molecule has 2 atom stereocenters. The van der Waals surface area contributed by atoms with Crippen LogP contribution in [0.5, 0.6) is 0 Å². The Hall–Kier alpha value is -0.0800. The molecule has 1 aliphatic carbocycles. The number of nitrogens with one attached hydrogen (secondary N) is 1. The zero-order valence-corrected chi connectivity index (χ0v) is 13.6. The molecular formula is C17H35NO. The van der Waals surface area contributed by atoms with Gasteiger partial charge in [-0.3, -0.25) is 0 Å². The minimum absolute atomic E-state index is 0.565. The molecule has 0 aromatic carbocycles. The highest BCUT2D eigenvalue weighted by Crippen LogP contribution is 2.34. The minimum Gasteiger partial charge on any atom is -0.378 e. The van der Waals surface area contributed by atoms with Gasteiger partial charge in [0, 0.05) is 12.6 Å². The molecule has 2 heteroatoms. The summed E-state index contributed by atoms with van der Waals surface area (Å²) in [5.74, 6) is 1.77. The fraction of sp³-hybridized carbons (Fsp3) is 1.00. The van der Waals surface area contributed by atoms with E-state index in [1.807, 2.05) is 0 Å². The van der Waals surface area contributed by atoms with Crippen LogP contribution in [-0.2, 0) is 4.74 Å². The van der Waals surface area contributed by atoms with Crippen molar-refractivity contribution in [3.05, 3.63) is 0 Å². The molecule has 1 saturated carbocycles. The summed E-state index contributed by atoms with van der Waals surface area (Å²) in [6, 6.07) is 0.731. The van der Waals surface area contributed by atoms with Crippen LogP contribution < -0.4 is 5.32 Å². The minimum atomic E-state index is 0.565. The highest BCUT2D eigenvalue weighted by atomic mass is 16.5. The summed E-state index contributed by atoms with van der Waals surface area (Å²) < 4.78 is 5.67. The first-order chi connectivity index (χ1) is 9.19. The molecule has 1 fully saturated rings. The largest absolute Gasteiger partial charge is 0.378 e. The molecule has 1 N–H and O–H groups in total. The molecule has 0 spiro atoms. The SMILES string of the molecule is CCCNC(CC(C)CCC)CC1CC(OCC)C1. The second kappa shape index (κ2) is 9.77. The Morgan fingerprint density at radius 2 is 1.89 bits per heavy atom. The first kappa shape index (κ1) is 17.0. The topological polar surface area (TPSA) is 21.3 Å². The van der Waals surface area contributed by atoms with Gasteiger partial charge < -0.3 is 10.1 Å². The van der Waals surface area contributed by atoms with Crippen LogP contribution in [0.2, 0.25) is 0 Å². The van der Waals surface area contributed by atoms with Crippen molar-refractivity contribution in [3.8, 4) is 0 Å². The van der Waals surface area contributed by atoms with E-state index in [0.29, 0.717) is 6.10 Å². The van der Waals surface area contributed by atoms with E-state index in [9.17, 15) is 0 Å². The highest BCUT2D eigenvalue weighted by molar-refractivity contribution is 4.84. The van der Waals surface area contributed by atoms with E-state index in [1.165, 1.54) is 51.5 Å². The molecular weight excluding hydrogens is 234 g/mol. The van der Waals surface area contributed by atoms with Crippen molar-refractivity contribution in [1.82, 2.24) is 5.32 Å². The van der Waals surface area contributed by atoms with Gasteiger partial charge in [-0.1, -0.05) is 33.6 Å². The van der Waals surface area contributed by atoms with Gasteiger partial charge in [-0.2, -0.15) is 0 Å². The molecule has 2 unspecified atom stereocenters. The molecule has 2 nitrogen and oxygen atoms in total. The predicted octanol–water partition coefficient (Wildman–Crippen LogP) is 4.39. The molecule has 0 aromatic rings. The van der Waals surface area contributed by atoms with E-state index in [4.69, 9.17) is 4.74 Å². The van der Waals surface area contributed by atoms with Crippen molar-refractivity contribution in [2.45, 2.75) is 84.8 Å². The van der Waals surface area contributed by atoms with Gasteiger partial charge in [0.25, 0.3) is 0 Å². The Balaban J connectivity index is 2.25. The fourth-order valence-electron chi connectivity index (χ4n) is 3.35. The van der Waals surface area contributed by atoms with Crippen molar-refractivity contribution in [3.63, 3.8) is 0 Å². The molecule has 19 heavy (non-hydrogen) atoms. The van der Waals surface area contributed by atoms with Crippen molar-refractivity contribution in [2.24, 2.45) is 11.8 Å². The van der Waals surface area contributed by atoms with Gasteiger partial charge in [-0.05, 0) is 57.4 Å². The van der Waals surface area contributed by atoms with E-state index in [0.717, 1.165) is 24.5 Å². The lowest BCUT2D eigenvalue weighted by atomic mass is 9.77. The van der Waals surface area contributed by atoms with Gasteiger partial charge in [0.2, 0.25) is 0 Å². The average Bonchev–Trinajstić information content (AvgIpc) is 2.33. The van der Waals surface area contributed by atoms with Crippen LogP contribution in [0.3, 0.4) is 0 Å². The predicted molar refractivity (Wildman–Crippen MR) is 83.5 cm³/mol. The lowest BCUT2D eigenvalue weighted by Gasteiger charge is -2.37. The molecule has 0 heterocycles. The molecule has 0 saturated heterocycles. The monoisotopic (exact) mass is 269 g/mol. The number of rotatable bonds is 11.